The van der Waals surface area contributed by atoms with Crippen LogP contribution in [0, 0.1) is 11.8 Å². The highest BCUT2D eigenvalue weighted by Crippen LogP contribution is 2.20. The van der Waals surface area contributed by atoms with Crippen LogP contribution < -0.4 is 10.2 Å². The van der Waals surface area contributed by atoms with Crippen LogP contribution in [-0.4, -0.2) is 26.5 Å². The normalized spacial score (nSPS) is 9.74. The third-order valence-corrected chi connectivity index (χ3v) is 3.68. The van der Waals surface area contributed by atoms with Crippen molar-refractivity contribution in [2.75, 3.05) is 25.5 Å². The molecule has 0 aliphatic carbocycles. The molecule has 3 nitrogen and oxygen atoms in total. The van der Waals surface area contributed by atoms with Crippen LogP contribution in [0.2, 0.25) is 10.0 Å². The highest BCUT2D eigenvalue weighted by atomic mass is 35.5. The molecule has 0 aromatic heterocycles. The molecule has 118 valence electrons. The van der Waals surface area contributed by atoms with E-state index in [9.17, 15) is 4.79 Å². The van der Waals surface area contributed by atoms with Crippen molar-refractivity contribution < 1.29 is 4.79 Å². The van der Waals surface area contributed by atoms with Crippen molar-refractivity contribution in [3.05, 3.63) is 63.6 Å². The second-order valence-corrected chi connectivity index (χ2v) is 5.89. The first-order chi connectivity index (χ1) is 11.0. The molecule has 2 rings (SSSR count). The van der Waals surface area contributed by atoms with E-state index in [0.29, 0.717) is 15.6 Å². The molecule has 23 heavy (non-hydrogen) atoms. The zero-order valence-corrected chi connectivity index (χ0v) is 14.4. The van der Waals surface area contributed by atoms with Gasteiger partial charge in [-0.05, 0) is 42.5 Å². The summed E-state index contributed by atoms with van der Waals surface area (Å²) < 4.78 is 0. The summed E-state index contributed by atoms with van der Waals surface area (Å²) in [7, 11) is 3.97. The summed E-state index contributed by atoms with van der Waals surface area (Å²) in [5.74, 6) is 5.65. The number of anilines is 1. The molecule has 0 unspecified atom stereocenters. The molecule has 1 N–H and O–H groups in total. The largest absolute Gasteiger partial charge is 0.378 e. The number of rotatable bonds is 3. The lowest BCUT2D eigenvalue weighted by molar-refractivity contribution is 0.0959. The number of benzene rings is 2. The highest BCUT2D eigenvalue weighted by molar-refractivity contribution is 6.36. The summed E-state index contributed by atoms with van der Waals surface area (Å²) in [6.07, 6.45) is 0. The summed E-state index contributed by atoms with van der Waals surface area (Å²) in [5, 5.41) is 3.53. The standard InChI is InChI=1S/C18H16Cl2N2O/c1-22(2)15-8-5-13(6-9-15)4-3-11-21-18(23)16-10-7-14(19)12-17(16)20/h5-10,12H,11H2,1-2H3,(H,21,23). The number of nitrogens with zero attached hydrogens (tertiary/aromatic N) is 1. The Morgan fingerprint density at radius 3 is 2.43 bits per heavy atom. The van der Waals surface area contributed by atoms with E-state index in [1.807, 2.05) is 43.3 Å². The van der Waals surface area contributed by atoms with Crippen molar-refractivity contribution in [3.63, 3.8) is 0 Å². The first-order valence-corrected chi connectivity index (χ1v) is 7.72. The van der Waals surface area contributed by atoms with Gasteiger partial charge in [0.1, 0.15) is 0 Å². The summed E-state index contributed by atoms with van der Waals surface area (Å²) in [6.45, 7) is 0.243. The zero-order valence-electron chi connectivity index (χ0n) is 12.9. The lowest BCUT2D eigenvalue weighted by Crippen LogP contribution is -2.23. The first-order valence-electron chi connectivity index (χ1n) is 6.97. The smallest absolute Gasteiger partial charge is 0.253 e. The van der Waals surface area contributed by atoms with Crippen molar-refractivity contribution in [2.45, 2.75) is 0 Å². The fraction of sp³-hybridized carbons (Fsp3) is 0.167. The third kappa shape index (κ3) is 4.92. The van der Waals surface area contributed by atoms with Crippen LogP contribution in [0.4, 0.5) is 5.69 Å². The molecule has 0 saturated carbocycles. The number of hydrogen-bond donors (Lipinski definition) is 1. The number of amides is 1. The molecule has 0 saturated heterocycles. The molecule has 0 heterocycles. The van der Waals surface area contributed by atoms with Crippen molar-refractivity contribution in [3.8, 4) is 11.8 Å². The average Bonchev–Trinajstić information content (AvgIpc) is 2.51. The molecule has 0 aliphatic heterocycles. The molecule has 0 aliphatic rings. The predicted octanol–water partition coefficient (Wildman–Crippen LogP) is 3.84. The van der Waals surface area contributed by atoms with Gasteiger partial charge in [-0.2, -0.15) is 0 Å². The maximum atomic E-state index is 12.0. The second kappa shape index (κ2) is 7.92. The maximum Gasteiger partial charge on any atom is 0.253 e. The van der Waals surface area contributed by atoms with Gasteiger partial charge in [0.25, 0.3) is 5.91 Å². The van der Waals surface area contributed by atoms with Crippen LogP contribution in [0.3, 0.4) is 0 Å². The number of carbonyl (C=O) groups is 1. The second-order valence-electron chi connectivity index (χ2n) is 5.05. The van der Waals surface area contributed by atoms with Gasteiger partial charge < -0.3 is 10.2 Å². The zero-order chi connectivity index (χ0) is 16.8. The number of hydrogen-bond acceptors (Lipinski definition) is 2. The van der Waals surface area contributed by atoms with Crippen molar-refractivity contribution >= 4 is 34.8 Å². The Kier molecular flexibility index (Phi) is 5.92. The minimum Gasteiger partial charge on any atom is -0.378 e. The van der Waals surface area contributed by atoms with Gasteiger partial charge in [-0.1, -0.05) is 35.0 Å². The van der Waals surface area contributed by atoms with E-state index in [1.54, 1.807) is 12.1 Å². The van der Waals surface area contributed by atoms with E-state index in [1.165, 1.54) is 6.07 Å². The van der Waals surface area contributed by atoms with Gasteiger partial charge >= 0.3 is 0 Å². The van der Waals surface area contributed by atoms with Crippen molar-refractivity contribution in [1.82, 2.24) is 5.32 Å². The first kappa shape index (κ1) is 17.2. The minimum absolute atomic E-state index is 0.243. The van der Waals surface area contributed by atoms with Crippen LogP contribution in [0.1, 0.15) is 15.9 Å². The molecule has 0 radical (unpaired) electrons. The van der Waals surface area contributed by atoms with Crippen LogP contribution in [0.25, 0.3) is 0 Å². The van der Waals surface area contributed by atoms with Gasteiger partial charge in [-0.15, -0.1) is 0 Å². The Bertz CT molecular complexity index is 759. The minimum atomic E-state index is -0.274. The Hall–Kier alpha value is -2.15. The fourth-order valence-corrected chi connectivity index (χ4v) is 2.38. The summed E-state index contributed by atoms with van der Waals surface area (Å²) >= 11 is 11.8. The summed E-state index contributed by atoms with van der Waals surface area (Å²) in [5.41, 5.74) is 2.39. The summed E-state index contributed by atoms with van der Waals surface area (Å²) in [4.78, 5) is 14.0. The molecule has 2 aromatic carbocycles. The lowest BCUT2D eigenvalue weighted by atomic mass is 10.2. The van der Waals surface area contributed by atoms with E-state index in [-0.39, 0.29) is 12.5 Å². The van der Waals surface area contributed by atoms with Crippen molar-refractivity contribution in [2.24, 2.45) is 0 Å². The van der Waals surface area contributed by atoms with Crippen LogP contribution >= 0.6 is 23.2 Å². The average molecular weight is 347 g/mol. The van der Waals surface area contributed by atoms with E-state index in [2.05, 4.69) is 17.2 Å². The van der Waals surface area contributed by atoms with E-state index < -0.39 is 0 Å². The van der Waals surface area contributed by atoms with Crippen LogP contribution in [0.5, 0.6) is 0 Å². The molecule has 0 bridgehead atoms. The van der Waals surface area contributed by atoms with Gasteiger partial charge in [0.2, 0.25) is 0 Å². The van der Waals surface area contributed by atoms with Crippen LogP contribution in [-0.2, 0) is 0 Å². The number of carbonyl (C=O) groups excluding carboxylic acids is 1. The van der Waals surface area contributed by atoms with Gasteiger partial charge in [-0.3, -0.25) is 4.79 Å². The van der Waals surface area contributed by atoms with Gasteiger partial charge in [0.15, 0.2) is 0 Å². The third-order valence-electron chi connectivity index (χ3n) is 3.13. The maximum absolute atomic E-state index is 12.0. The van der Waals surface area contributed by atoms with E-state index in [0.717, 1.165) is 11.3 Å². The van der Waals surface area contributed by atoms with Crippen molar-refractivity contribution in [1.29, 1.82) is 0 Å². The molecule has 0 atom stereocenters. The number of halogens is 2. The fourth-order valence-electron chi connectivity index (χ4n) is 1.88. The molecular weight excluding hydrogens is 331 g/mol. The van der Waals surface area contributed by atoms with E-state index >= 15 is 0 Å². The highest BCUT2D eigenvalue weighted by Gasteiger charge is 2.09. The Morgan fingerprint density at radius 1 is 1.13 bits per heavy atom. The molecule has 0 spiro atoms. The number of nitrogens with one attached hydrogen (secondary N) is 1. The van der Waals surface area contributed by atoms with Gasteiger partial charge in [-0.25, -0.2) is 0 Å². The van der Waals surface area contributed by atoms with E-state index in [4.69, 9.17) is 23.2 Å². The monoisotopic (exact) mass is 346 g/mol. The molecule has 2 aromatic rings. The van der Waals surface area contributed by atoms with Gasteiger partial charge in [0.05, 0.1) is 17.1 Å². The molecule has 1 amide bonds. The Labute approximate surface area is 146 Å². The molecule has 0 fully saturated rings. The molecule has 5 heteroatoms. The summed E-state index contributed by atoms with van der Waals surface area (Å²) in [6, 6.07) is 12.6. The van der Waals surface area contributed by atoms with Crippen LogP contribution in [0.15, 0.2) is 42.5 Å². The molecular formula is C18H16Cl2N2O. The quantitative estimate of drug-likeness (QED) is 0.856. The Morgan fingerprint density at radius 2 is 1.83 bits per heavy atom. The topological polar surface area (TPSA) is 32.3 Å². The SMILES string of the molecule is CN(C)c1ccc(C#CCNC(=O)c2ccc(Cl)cc2Cl)cc1. The lowest BCUT2D eigenvalue weighted by Gasteiger charge is -2.11. The predicted molar refractivity (Wildman–Crippen MR) is 96.4 cm³/mol. The van der Waals surface area contributed by atoms with Gasteiger partial charge in [0, 0.05) is 30.4 Å². The Balaban J connectivity index is 1.93.